The zero-order valence-corrected chi connectivity index (χ0v) is 9.23. The van der Waals surface area contributed by atoms with E-state index >= 15 is 0 Å². The molecule has 0 fully saturated rings. The fourth-order valence-corrected chi connectivity index (χ4v) is 0.559. The summed E-state index contributed by atoms with van der Waals surface area (Å²) in [7, 11) is 0. The Morgan fingerprint density at radius 2 is 1.58 bits per heavy atom. The smallest absolute Gasteiger partial charge is 0.0464 e. The average molecular weight is 170 g/mol. The molecule has 0 spiro atoms. The van der Waals surface area contributed by atoms with Crippen LogP contribution < -0.4 is 5.43 Å². The van der Waals surface area contributed by atoms with Gasteiger partial charge in [0.25, 0.3) is 0 Å². The summed E-state index contributed by atoms with van der Waals surface area (Å²) in [6.45, 7) is 12.9. The van der Waals surface area contributed by atoms with Gasteiger partial charge in [0, 0.05) is 11.8 Å². The Labute approximate surface area is 76.4 Å². The minimum absolute atomic E-state index is 0.0778. The van der Waals surface area contributed by atoms with E-state index in [9.17, 15) is 0 Å². The summed E-state index contributed by atoms with van der Waals surface area (Å²) < 4.78 is 0. The van der Waals surface area contributed by atoms with Crippen LogP contribution in [-0.2, 0) is 0 Å². The van der Waals surface area contributed by atoms with Crippen LogP contribution >= 0.6 is 0 Å². The Morgan fingerprint density at radius 1 is 1.08 bits per heavy atom. The van der Waals surface area contributed by atoms with Gasteiger partial charge in [-0.05, 0) is 32.6 Å². The molecule has 0 saturated heterocycles. The summed E-state index contributed by atoms with van der Waals surface area (Å²) in [4.78, 5) is 0. The maximum atomic E-state index is 4.15. The minimum atomic E-state index is 0.0778. The second kappa shape index (κ2) is 3.92. The molecule has 0 aromatic heterocycles. The number of nitrogens with one attached hydrogen (secondary N) is 1. The van der Waals surface area contributed by atoms with Crippen molar-refractivity contribution >= 4 is 6.21 Å². The van der Waals surface area contributed by atoms with Crippen LogP contribution in [-0.4, -0.2) is 11.8 Å². The van der Waals surface area contributed by atoms with E-state index in [-0.39, 0.29) is 5.54 Å². The number of rotatable bonds is 2. The molecule has 0 heterocycles. The van der Waals surface area contributed by atoms with E-state index in [0.29, 0.717) is 5.41 Å². The monoisotopic (exact) mass is 170 g/mol. The molecule has 0 aromatic rings. The summed E-state index contributed by atoms with van der Waals surface area (Å²) in [6.07, 6.45) is 2.96. The third kappa shape index (κ3) is 9.47. The van der Waals surface area contributed by atoms with E-state index in [1.807, 2.05) is 6.21 Å². The molecule has 0 aromatic carbocycles. The highest BCUT2D eigenvalue weighted by molar-refractivity contribution is 5.57. The first-order valence-electron chi connectivity index (χ1n) is 4.49. The molecule has 2 heteroatoms. The van der Waals surface area contributed by atoms with E-state index in [1.165, 1.54) is 0 Å². The largest absolute Gasteiger partial charge is 0.305 e. The SMILES string of the molecule is CC(C)(C)C/C=N/NC(C)(C)C. The topological polar surface area (TPSA) is 24.4 Å². The fourth-order valence-electron chi connectivity index (χ4n) is 0.559. The molecule has 12 heavy (non-hydrogen) atoms. The van der Waals surface area contributed by atoms with Gasteiger partial charge in [0.15, 0.2) is 0 Å². The van der Waals surface area contributed by atoms with Gasteiger partial charge < -0.3 is 5.43 Å². The van der Waals surface area contributed by atoms with Gasteiger partial charge in [-0.25, -0.2) is 0 Å². The van der Waals surface area contributed by atoms with Crippen molar-refractivity contribution in [3.63, 3.8) is 0 Å². The van der Waals surface area contributed by atoms with Gasteiger partial charge in [-0.15, -0.1) is 0 Å². The van der Waals surface area contributed by atoms with Gasteiger partial charge in [-0.1, -0.05) is 20.8 Å². The summed E-state index contributed by atoms with van der Waals surface area (Å²) in [5.41, 5.74) is 3.48. The molecule has 0 saturated carbocycles. The van der Waals surface area contributed by atoms with Crippen LogP contribution in [0.2, 0.25) is 0 Å². The number of hydrogen-bond donors (Lipinski definition) is 1. The minimum Gasteiger partial charge on any atom is -0.305 e. The van der Waals surface area contributed by atoms with E-state index in [4.69, 9.17) is 0 Å². The maximum absolute atomic E-state index is 4.15. The van der Waals surface area contributed by atoms with Crippen LogP contribution in [0.25, 0.3) is 0 Å². The van der Waals surface area contributed by atoms with Crippen molar-refractivity contribution in [2.75, 3.05) is 0 Å². The molecule has 0 bridgehead atoms. The van der Waals surface area contributed by atoms with Crippen molar-refractivity contribution in [1.29, 1.82) is 0 Å². The van der Waals surface area contributed by atoms with Crippen LogP contribution in [0.1, 0.15) is 48.0 Å². The lowest BCUT2D eigenvalue weighted by molar-refractivity contribution is 0.423. The molecule has 2 nitrogen and oxygen atoms in total. The van der Waals surface area contributed by atoms with Crippen molar-refractivity contribution in [2.24, 2.45) is 10.5 Å². The average Bonchev–Trinajstić information content (AvgIpc) is 1.76. The predicted octanol–water partition coefficient (Wildman–Crippen LogP) is 2.80. The first-order chi connectivity index (χ1) is 5.21. The third-order valence-corrected chi connectivity index (χ3v) is 1.19. The highest BCUT2D eigenvalue weighted by atomic mass is 15.3. The van der Waals surface area contributed by atoms with E-state index in [1.54, 1.807) is 0 Å². The first-order valence-corrected chi connectivity index (χ1v) is 4.49. The number of hydrazone groups is 1. The Kier molecular flexibility index (Phi) is 3.75. The second-order valence-corrected chi connectivity index (χ2v) is 5.44. The third-order valence-electron chi connectivity index (χ3n) is 1.19. The van der Waals surface area contributed by atoms with E-state index < -0.39 is 0 Å². The van der Waals surface area contributed by atoms with Crippen molar-refractivity contribution in [2.45, 2.75) is 53.5 Å². The molecule has 0 aliphatic rings. The number of hydrogen-bond acceptors (Lipinski definition) is 2. The normalized spacial score (nSPS) is 13.8. The summed E-state index contributed by atoms with van der Waals surface area (Å²) in [5, 5.41) is 4.15. The predicted molar refractivity (Wildman–Crippen MR) is 55.5 cm³/mol. The molecule has 0 atom stereocenters. The Morgan fingerprint density at radius 3 is 1.92 bits per heavy atom. The first kappa shape index (κ1) is 11.5. The highest BCUT2D eigenvalue weighted by Crippen LogP contribution is 2.16. The zero-order valence-electron chi connectivity index (χ0n) is 9.23. The molecule has 0 radical (unpaired) electrons. The molecule has 0 amide bonds. The molecular weight excluding hydrogens is 148 g/mol. The highest BCUT2D eigenvalue weighted by Gasteiger charge is 2.08. The van der Waals surface area contributed by atoms with Crippen LogP contribution in [0, 0.1) is 5.41 Å². The lowest BCUT2D eigenvalue weighted by Gasteiger charge is -2.18. The lowest BCUT2D eigenvalue weighted by Crippen LogP contribution is -2.31. The van der Waals surface area contributed by atoms with Gasteiger partial charge in [-0.2, -0.15) is 5.10 Å². The van der Waals surface area contributed by atoms with E-state index in [2.05, 4.69) is 52.1 Å². The summed E-state index contributed by atoms with van der Waals surface area (Å²) >= 11 is 0. The standard InChI is InChI=1S/C10H22N2/c1-9(2,3)7-8-11-12-10(4,5)6/h8,12H,7H2,1-6H3/b11-8+. The molecule has 0 rings (SSSR count). The van der Waals surface area contributed by atoms with Crippen LogP contribution in [0.5, 0.6) is 0 Å². The molecule has 0 aliphatic heterocycles. The molecule has 0 aliphatic carbocycles. The van der Waals surface area contributed by atoms with Crippen LogP contribution in [0.3, 0.4) is 0 Å². The van der Waals surface area contributed by atoms with Gasteiger partial charge in [0.2, 0.25) is 0 Å². The number of nitrogens with zero attached hydrogens (tertiary/aromatic N) is 1. The quantitative estimate of drug-likeness (QED) is 0.500. The second-order valence-electron chi connectivity index (χ2n) is 5.44. The summed E-state index contributed by atoms with van der Waals surface area (Å²) in [6, 6.07) is 0. The lowest BCUT2D eigenvalue weighted by atomic mass is 9.93. The van der Waals surface area contributed by atoms with Crippen molar-refractivity contribution in [1.82, 2.24) is 5.43 Å². The fraction of sp³-hybridized carbons (Fsp3) is 0.900. The van der Waals surface area contributed by atoms with E-state index in [0.717, 1.165) is 6.42 Å². The van der Waals surface area contributed by atoms with Gasteiger partial charge >= 0.3 is 0 Å². The molecule has 1 N–H and O–H groups in total. The van der Waals surface area contributed by atoms with Gasteiger partial charge in [-0.3, -0.25) is 0 Å². The maximum Gasteiger partial charge on any atom is 0.0464 e. The molecule has 0 unspecified atom stereocenters. The van der Waals surface area contributed by atoms with Crippen molar-refractivity contribution < 1.29 is 0 Å². The summed E-state index contributed by atoms with van der Waals surface area (Å²) in [5.74, 6) is 0. The zero-order chi connectivity index (χ0) is 9.83. The van der Waals surface area contributed by atoms with Crippen LogP contribution in [0.15, 0.2) is 5.10 Å². The van der Waals surface area contributed by atoms with Crippen LogP contribution in [0.4, 0.5) is 0 Å². The molecule has 72 valence electrons. The Hall–Kier alpha value is -0.530. The van der Waals surface area contributed by atoms with Crippen molar-refractivity contribution in [3.8, 4) is 0 Å². The van der Waals surface area contributed by atoms with Gasteiger partial charge in [0.05, 0.1) is 0 Å². The molecular formula is C10H22N2. The van der Waals surface area contributed by atoms with Gasteiger partial charge in [0.1, 0.15) is 0 Å². The Balaban J connectivity index is 3.66. The van der Waals surface area contributed by atoms with Crippen molar-refractivity contribution in [3.05, 3.63) is 0 Å². The Bertz CT molecular complexity index is 128.